The van der Waals surface area contributed by atoms with Crippen molar-refractivity contribution in [3.05, 3.63) is 46.4 Å². The Morgan fingerprint density at radius 1 is 1.37 bits per heavy atom. The van der Waals surface area contributed by atoms with Gasteiger partial charge in [0.05, 0.1) is 12.1 Å². The van der Waals surface area contributed by atoms with Crippen LogP contribution in [0.2, 0.25) is 0 Å². The number of fused-ring (bicyclic) bond motifs is 1. The highest BCUT2D eigenvalue weighted by atomic mass is 16.3. The summed E-state index contributed by atoms with van der Waals surface area (Å²) in [5, 5.41) is 11.0. The van der Waals surface area contributed by atoms with Gasteiger partial charge in [0, 0.05) is 5.39 Å². The Labute approximate surface area is 110 Å². The minimum atomic E-state index is -1.11. The van der Waals surface area contributed by atoms with Gasteiger partial charge in [-0.1, -0.05) is 18.2 Å². The van der Waals surface area contributed by atoms with Gasteiger partial charge in [0.15, 0.2) is 0 Å². The predicted molar refractivity (Wildman–Crippen MR) is 73.0 cm³/mol. The molecule has 1 aromatic carbocycles. The molecule has 0 unspecified atom stereocenters. The fourth-order valence-electron chi connectivity index (χ4n) is 2.05. The number of nitrogens with zero attached hydrogens (tertiary/aromatic N) is 1. The molecule has 2 rings (SSSR count). The number of aliphatic hydroxyl groups is 1. The van der Waals surface area contributed by atoms with Crippen LogP contribution in [-0.2, 0) is 6.54 Å². The van der Waals surface area contributed by atoms with Crippen LogP contribution in [-0.4, -0.2) is 21.2 Å². The van der Waals surface area contributed by atoms with Gasteiger partial charge in [-0.25, -0.2) is 0 Å². The van der Waals surface area contributed by atoms with Crippen LogP contribution in [0.4, 0.5) is 0 Å². The molecule has 100 valence electrons. The highest BCUT2D eigenvalue weighted by Gasteiger charge is 2.20. The molecule has 2 aromatic rings. The minimum absolute atomic E-state index is 0.00887. The van der Waals surface area contributed by atoms with E-state index in [-0.39, 0.29) is 17.8 Å². The van der Waals surface area contributed by atoms with Crippen molar-refractivity contribution >= 4 is 16.7 Å². The highest BCUT2D eigenvalue weighted by Crippen LogP contribution is 2.14. The number of primary amides is 1. The van der Waals surface area contributed by atoms with Gasteiger partial charge in [-0.3, -0.25) is 9.59 Å². The molecular formula is C14H16N2O3. The summed E-state index contributed by atoms with van der Waals surface area (Å²) in [4.78, 5) is 23.9. The zero-order chi connectivity index (χ0) is 14.2. The molecule has 5 heteroatoms. The van der Waals surface area contributed by atoms with Crippen molar-refractivity contribution in [1.29, 1.82) is 0 Å². The molecule has 0 radical (unpaired) electrons. The van der Waals surface area contributed by atoms with Crippen molar-refractivity contribution in [2.24, 2.45) is 5.73 Å². The Hall–Kier alpha value is -2.14. The summed E-state index contributed by atoms with van der Waals surface area (Å²) >= 11 is 0. The SMILES string of the molecule is CC(C)(O)Cn1c(C(N)=O)cc2ccccc2c1=O. The molecule has 0 aliphatic carbocycles. The third kappa shape index (κ3) is 2.66. The first-order chi connectivity index (χ1) is 8.79. The van der Waals surface area contributed by atoms with Crippen molar-refractivity contribution in [3.8, 4) is 0 Å². The molecule has 1 heterocycles. The highest BCUT2D eigenvalue weighted by molar-refractivity contribution is 5.95. The third-order valence-corrected chi connectivity index (χ3v) is 2.82. The van der Waals surface area contributed by atoms with Crippen LogP contribution in [0.25, 0.3) is 10.8 Å². The van der Waals surface area contributed by atoms with Crippen LogP contribution in [0.1, 0.15) is 24.3 Å². The van der Waals surface area contributed by atoms with Crippen LogP contribution in [0.15, 0.2) is 35.1 Å². The van der Waals surface area contributed by atoms with Crippen LogP contribution in [0, 0.1) is 0 Å². The van der Waals surface area contributed by atoms with Gasteiger partial charge in [0.2, 0.25) is 0 Å². The van der Waals surface area contributed by atoms with E-state index >= 15 is 0 Å². The first-order valence-electron chi connectivity index (χ1n) is 5.94. The molecule has 1 amide bonds. The van der Waals surface area contributed by atoms with E-state index < -0.39 is 11.5 Å². The van der Waals surface area contributed by atoms with E-state index in [1.165, 1.54) is 4.57 Å². The van der Waals surface area contributed by atoms with E-state index in [0.717, 1.165) is 0 Å². The Bertz CT molecular complexity index is 696. The number of carbonyl (C=O) groups is 1. The first-order valence-corrected chi connectivity index (χ1v) is 5.94. The Balaban J connectivity index is 2.79. The molecule has 0 saturated heterocycles. The Morgan fingerprint density at radius 3 is 2.58 bits per heavy atom. The van der Waals surface area contributed by atoms with E-state index in [1.54, 1.807) is 44.2 Å². The van der Waals surface area contributed by atoms with Crippen LogP contribution < -0.4 is 11.3 Å². The van der Waals surface area contributed by atoms with Crippen molar-refractivity contribution in [1.82, 2.24) is 4.57 Å². The third-order valence-electron chi connectivity index (χ3n) is 2.82. The number of hydrogen-bond donors (Lipinski definition) is 2. The number of rotatable bonds is 3. The first kappa shape index (κ1) is 13.3. The molecule has 1 aromatic heterocycles. The second-order valence-electron chi connectivity index (χ2n) is 5.18. The number of nitrogens with two attached hydrogens (primary N) is 1. The fraction of sp³-hybridized carbons (Fsp3) is 0.286. The molecule has 0 spiro atoms. The lowest BCUT2D eigenvalue weighted by Gasteiger charge is -2.21. The standard InChI is InChI=1S/C14H16N2O3/c1-14(2,19)8-16-11(12(15)17)7-9-5-3-4-6-10(9)13(16)18/h3-7,19H,8H2,1-2H3,(H2,15,17). The molecule has 0 saturated carbocycles. The van der Waals surface area contributed by atoms with E-state index in [4.69, 9.17) is 5.73 Å². The maximum absolute atomic E-state index is 12.4. The lowest BCUT2D eigenvalue weighted by Crippen LogP contribution is -2.36. The molecular weight excluding hydrogens is 244 g/mol. The molecule has 0 bridgehead atoms. The number of amides is 1. The summed E-state index contributed by atoms with van der Waals surface area (Å²) in [7, 11) is 0. The van der Waals surface area contributed by atoms with Gasteiger partial charge in [0.1, 0.15) is 5.69 Å². The zero-order valence-electron chi connectivity index (χ0n) is 10.9. The second-order valence-corrected chi connectivity index (χ2v) is 5.18. The van der Waals surface area contributed by atoms with E-state index in [2.05, 4.69) is 0 Å². The lowest BCUT2D eigenvalue weighted by atomic mass is 10.1. The average Bonchev–Trinajstić information content (AvgIpc) is 2.31. The summed E-state index contributed by atoms with van der Waals surface area (Å²) in [6.45, 7) is 3.15. The normalized spacial score (nSPS) is 11.7. The second kappa shape index (κ2) is 4.51. The van der Waals surface area contributed by atoms with Crippen LogP contribution in [0.3, 0.4) is 0 Å². The van der Waals surface area contributed by atoms with E-state index in [9.17, 15) is 14.7 Å². The summed E-state index contributed by atoms with van der Waals surface area (Å²) < 4.78 is 1.23. The number of aromatic nitrogens is 1. The van der Waals surface area contributed by atoms with Crippen LogP contribution in [0.5, 0.6) is 0 Å². The molecule has 19 heavy (non-hydrogen) atoms. The topological polar surface area (TPSA) is 85.3 Å². The van der Waals surface area contributed by atoms with Gasteiger partial charge >= 0.3 is 0 Å². The smallest absolute Gasteiger partial charge is 0.265 e. The predicted octanol–water partition coefficient (Wildman–Crippen LogP) is 0.871. The van der Waals surface area contributed by atoms with Gasteiger partial charge < -0.3 is 15.4 Å². The maximum Gasteiger partial charge on any atom is 0.265 e. The van der Waals surface area contributed by atoms with Crippen molar-refractivity contribution in [2.45, 2.75) is 26.0 Å². The molecule has 0 atom stereocenters. The summed E-state index contributed by atoms with van der Waals surface area (Å²) in [5.74, 6) is -0.688. The van der Waals surface area contributed by atoms with Gasteiger partial charge in [-0.2, -0.15) is 0 Å². The number of carbonyl (C=O) groups excluding carboxylic acids is 1. The van der Waals surface area contributed by atoms with E-state index in [0.29, 0.717) is 10.8 Å². The summed E-state index contributed by atoms with van der Waals surface area (Å²) in [6, 6.07) is 8.54. The Morgan fingerprint density at radius 2 is 2.00 bits per heavy atom. The number of benzene rings is 1. The molecule has 0 aliphatic rings. The monoisotopic (exact) mass is 260 g/mol. The van der Waals surface area contributed by atoms with Gasteiger partial charge in [0.25, 0.3) is 11.5 Å². The minimum Gasteiger partial charge on any atom is -0.389 e. The maximum atomic E-state index is 12.4. The van der Waals surface area contributed by atoms with Crippen molar-refractivity contribution in [3.63, 3.8) is 0 Å². The average molecular weight is 260 g/mol. The molecule has 5 nitrogen and oxygen atoms in total. The lowest BCUT2D eigenvalue weighted by molar-refractivity contribution is 0.0594. The number of pyridine rings is 1. The number of hydrogen-bond acceptors (Lipinski definition) is 3. The largest absolute Gasteiger partial charge is 0.389 e. The zero-order valence-corrected chi connectivity index (χ0v) is 10.9. The quantitative estimate of drug-likeness (QED) is 0.858. The van der Waals surface area contributed by atoms with Crippen LogP contribution >= 0.6 is 0 Å². The molecule has 0 fully saturated rings. The van der Waals surface area contributed by atoms with E-state index in [1.807, 2.05) is 0 Å². The van der Waals surface area contributed by atoms with Gasteiger partial charge in [-0.05, 0) is 31.4 Å². The molecule has 3 N–H and O–H groups in total. The molecule has 0 aliphatic heterocycles. The van der Waals surface area contributed by atoms with Gasteiger partial charge in [-0.15, -0.1) is 0 Å². The van der Waals surface area contributed by atoms with Crippen molar-refractivity contribution < 1.29 is 9.90 Å². The summed E-state index contributed by atoms with van der Waals surface area (Å²) in [6.07, 6.45) is 0. The fourth-order valence-corrected chi connectivity index (χ4v) is 2.05. The summed E-state index contributed by atoms with van der Waals surface area (Å²) in [5.41, 5.74) is 3.98. The Kier molecular flexibility index (Phi) is 3.16. The van der Waals surface area contributed by atoms with Crippen molar-refractivity contribution in [2.75, 3.05) is 0 Å².